The highest BCUT2D eigenvalue weighted by Crippen LogP contribution is 2.15. The van der Waals surface area contributed by atoms with Gasteiger partial charge in [-0.25, -0.2) is 4.79 Å². The molecule has 0 fully saturated rings. The van der Waals surface area contributed by atoms with Crippen molar-refractivity contribution in [1.29, 1.82) is 0 Å². The first kappa shape index (κ1) is 9.83. The molecule has 3 N–H and O–H groups in total. The number of nitrogens with one attached hydrogen (secondary N) is 2. The minimum atomic E-state index is -0.961. The first-order valence-electron chi connectivity index (χ1n) is 3.60. The summed E-state index contributed by atoms with van der Waals surface area (Å²) < 4.78 is 0. The zero-order chi connectivity index (χ0) is 9.84. The van der Waals surface area contributed by atoms with Gasteiger partial charge >= 0.3 is 5.97 Å². The predicted molar refractivity (Wildman–Crippen MR) is 50.7 cm³/mol. The first-order valence-corrected chi connectivity index (χ1v) is 3.98. The van der Waals surface area contributed by atoms with Gasteiger partial charge in [0, 0.05) is 0 Å². The van der Waals surface area contributed by atoms with Crippen molar-refractivity contribution in [2.24, 2.45) is 0 Å². The van der Waals surface area contributed by atoms with Gasteiger partial charge in [0.25, 0.3) is 0 Å². The lowest BCUT2D eigenvalue weighted by Crippen LogP contribution is -2.10. The Bertz CT molecular complexity index is 328. The molecule has 0 aliphatic rings. The van der Waals surface area contributed by atoms with E-state index in [0.29, 0.717) is 5.69 Å². The van der Waals surface area contributed by atoms with Crippen LogP contribution in [0, 0.1) is 6.92 Å². The van der Waals surface area contributed by atoms with Gasteiger partial charge in [0.2, 0.25) is 0 Å². The summed E-state index contributed by atoms with van der Waals surface area (Å²) in [6.07, 6.45) is 0. The van der Waals surface area contributed by atoms with Crippen LogP contribution in [0.4, 0.5) is 5.69 Å². The second-order valence-corrected chi connectivity index (χ2v) is 2.74. The highest BCUT2D eigenvalue weighted by atomic mass is 35.5. The topological polar surface area (TPSA) is 61.4 Å². The van der Waals surface area contributed by atoms with Gasteiger partial charge in [-0.15, -0.1) is 4.94 Å². The van der Waals surface area contributed by atoms with Gasteiger partial charge in [-0.2, -0.15) is 0 Å². The molecule has 0 radical (unpaired) electrons. The minimum Gasteiger partial charge on any atom is -0.478 e. The van der Waals surface area contributed by atoms with Gasteiger partial charge < -0.3 is 10.5 Å². The Morgan fingerprint density at radius 1 is 1.54 bits per heavy atom. The number of carboxylic acid groups (broad SMARTS) is 1. The maximum atomic E-state index is 10.6. The molecule has 5 heteroatoms. The van der Waals surface area contributed by atoms with E-state index >= 15 is 0 Å². The summed E-state index contributed by atoms with van der Waals surface area (Å²) in [6, 6.07) is 4.75. The van der Waals surface area contributed by atoms with Crippen molar-refractivity contribution >= 4 is 23.4 Å². The van der Waals surface area contributed by atoms with Gasteiger partial charge in [-0.1, -0.05) is 6.07 Å². The standard InChI is InChI=1S/C8H9ClN2O2/c1-5-2-3-6(8(12)13)4-7(5)10-11-9/h2-4,10-11H,1H3,(H,12,13). The van der Waals surface area contributed by atoms with Crippen molar-refractivity contribution in [3.8, 4) is 0 Å². The molecule has 0 aliphatic carbocycles. The van der Waals surface area contributed by atoms with E-state index in [0.717, 1.165) is 5.56 Å². The lowest BCUT2D eigenvalue weighted by molar-refractivity contribution is 0.0697. The second-order valence-electron chi connectivity index (χ2n) is 2.55. The van der Waals surface area contributed by atoms with Crippen LogP contribution in [0.1, 0.15) is 15.9 Å². The van der Waals surface area contributed by atoms with Gasteiger partial charge in [-0.05, 0) is 36.4 Å². The van der Waals surface area contributed by atoms with Gasteiger partial charge in [0.15, 0.2) is 0 Å². The number of hydrazine groups is 1. The van der Waals surface area contributed by atoms with E-state index < -0.39 is 5.97 Å². The summed E-state index contributed by atoms with van der Waals surface area (Å²) in [6.45, 7) is 1.85. The highest BCUT2D eigenvalue weighted by molar-refractivity contribution is 6.14. The van der Waals surface area contributed by atoms with Crippen LogP contribution in [0.2, 0.25) is 0 Å². The summed E-state index contributed by atoms with van der Waals surface area (Å²) in [5, 5.41) is 8.69. The molecule has 0 unspecified atom stereocenters. The zero-order valence-corrected chi connectivity index (χ0v) is 7.72. The zero-order valence-electron chi connectivity index (χ0n) is 6.97. The summed E-state index contributed by atoms with van der Waals surface area (Å²) in [4.78, 5) is 12.8. The molecule has 70 valence electrons. The number of hydrogen-bond acceptors (Lipinski definition) is 3. The molecule has 1 aromatic carbocycles. The Balaban J connectivity index is 3.03. The van der Waals surface area contributed by atoms with E-state index in [4.69, 9.17) is 16.9 Å². The third-order valence-corrected chi connectivity index (χ3v) is 1.76. The van der Waals surface area contributed by atoms with Crippen LogP contribution in [0.15, 0.2) is 18.2 Å². The van der Waals surface area contributed by atoms with Crippen molar-refractivity contribution in [1.82, 2.24) is 4.94 Å². The Kier molecular flexibility index (Phi) is 3.11. The average Bonchev–Trinajstić information content (AvgIpc) is 2.08. The highest BCUT2D eigenvalue weighted by Gasteiger charge is 2.04. The first-order chi connectivity index (χ1) is 6.15. The molecule has 1 aromatic rings. The van der Waals surface area contributed by atoms with Crippen LogP contribution in [0.25, 0.3) is 0 Å². The van der Waals surface area contributed by atoms with Gasteiger partial charge in [0.05, 0.1) is 11.3 Å². The van der Waals surface area contributed by atoms with Crippen molar-refractivity contribution in [3.05, 3.63) is 29.3 Å². The Labute approximate surface area is 80.6 Å². The number of carbonyl (C=O) groups is 1. The molecule has 0 bridgehead atoms. The minimum absolute atomic E-state index is 0.222. The van der Waals surface area contributed by atoms with Crippen molar-refractivity contribution < 1.29 is 9.90 Å². The maximum Gasteiger partial charge on any atom is 0.335 e. The second kappa shape index (κ2) is 4.11. The van der Waals surface area contributed by atoms with Crippen LogP contribution in [0.5, 0.6) is 0 Å². The fourth-order valence-electron chi connectivity index (χ4n) is 0.941. The SMILES string of the molecule is Cc1ccc(C(=O)O)cc1NNCl. The van der Waals surface area contributed by atoms with Crippen molar-refractivity contribution in [3.63, 3.8) is 0 Å². The van der Waals surface area contributed by atoms with E-state index in [1.54, 1.807) is 6.07 Å². The molecular weight excluding hydrogens is 192 g/mol. The van der Waals surface area contributed by atoms with Gasteiger partial charge in [0.1, 0.15) is 0 Å². The third-order valence-electron chi connectivity index (χ3n) is 1.67. The molecule has 0 heterocycles. The fourth-order valence-corrected chi connectivity index (χ4v) is 1.04. The molecule has 0 atom stereocenters. The number of aromatic carboxylic acids is 1. The lowest BCUT2D eigenvalue weighted by Gasteiger charge is -2.06. The average molecular weight is 201 g/mol. The predicted octanol–water partition coefficient (Wildman–Crippen LogP) is 1.76. The Morgan fingerprint density at radius 3 is 2.77 bits per heavy atom. The molecule has 0 saturated carbocycles. The van der Waals surface area contributed by atoms with E-state index in [1.807, 2.05) is 6.92 Å². The largest absolute Gasteiger partial charge is 0.478 e. The fraction of sp³-hybridized carbons (Fsp3) is 0.125. The number of hydrogen-bond donors (Lipinski definition) is 3. The van der Waals surface area contributed by atoms with Crippen LogP contribution >= 0.6 is 11.8 Å². The maximum absolute atomic E-state index is 10.6. The third kappa shape index (κ3) is 2.34. The monoisotopic (exact) mass is 200 g/mol. The molecule has 0 amide bonds. The number of benzene rings is 1. The lowest BCUT2D eigenvalue weighted by atomic mass is 10.1. The Morgan fingerprint density at radius 2 is 2.23 bits per heavy atom. The smallest absolute Gasteiger partial charge is 0.335 e. The molecule has 0 aromatic heterocycles. The molecular formula is C8H9ClN2O2. The van der Waals surface area contributed by atoms with E-state index in [9.17, 15) is 4.79 Å². The number of anilines is 1. The molecule has 0 saturated heterocycles. The quantitative estimate of drug-likeness (QED) is 0.514. The van der Waals surface area contributed by atoms with E-state index in [2.05, 4.69) is 10.4 Å². The Hall–Kier alpha value is -1.26. The summed E-state index contributed by atoms with van der Waals surface area (Å²) in [5.74, 6) is -0.961. The van der Waals surface area contributed by atoms with Crippen molar-refractivity contribution in [2.75, 3.05) is 5.43 Å². The number of rotatable bonds is 3. The molecule has 0 spiro atoms. The molecule has 0 aliphatic heterocycles. The number of aryl methyl sites for hydroxylation is 1. The number of carboxylic acids is 1. The summed E-state index contributed by atoms with van der Waals surface area (Å²) in [7, 11) is 0. The van der Waals surface area contributed by atoms with Crippen LogP contribution in [-0.4, -0.2) is 11.1 Å². The van der Waals surface area contributed by atoms with Crippen LogP contribution < -0.4 is 10.4 Å². The van der Waals surface area contributed by atoms with E-state index in [-0.39, 0.29) is 5.56 Å². The molecule has 4 nitrogen and oxygen atoms in total. The van der Waals surface area contributed by atoms with E-state index in [1.165, 1.54) is 12.1 Å². The normalized spacial score (nSPS) is 9.69. The van der Waals surface area contributed by atoms with Crippen LogP contribution in [0.3, 0.4) is 0 Å². The molecule has 1 rings (SSSR count). The number of halogens is 1. The molecule has 13 heavy (non-hydrogen) atoms. The van der Waals surface area contributed by atoms with Crippen LogP contribution in [-0.2, 0) is 0 Å². The van der Waals surface area contributed by atoms with Gasteiger partial charge in [-0.3, -0.25) is 0 Å². The van der Waals surface area contributed by atoms with Crippen molar-refractivity contribution in [2.45, 2.75) is 6.92 Å². The summed E-state index contributed by atoms with van der Waals surface area (Å²) in [5.41, 5.74) is 4.41. The summed E-state index contributed by atoms with van der Waals surface area (Å²) >= 11 is 5.23.